The second-order valence-corrected chi connectivity index (χ2v) is 19.6. The summed E-state index contributed by atoms with van der Waals surface area (Å²) >= 11 is 0. The molecule has 49 heavy (non-hydrogen) atoms. The first-order valence-electron chi connectivity index (χ1n) is 19.8. The van der Waals surface area contributed by atoms with E-state index in [9.17, 15) is 4.79 Å². The van der Waals surface area contributed by atoms with Crippen molar-refractivity contribution in [1.29, 1.82) is 0 Å². The molecule has 0 aliphatic rings. The monoisotopic (exact) mass is 842 g/mol. The number of quaternary nitrogens is 1. The molecule has 0 spiro atoms. The average molecular weight is 845 g/mol. The predicted molar refractivity (Wildman–Crippen MR) is 212 cm³/mol. The number of carbonyl (C=O) groups is 1. The minimum atomic E-state index is -1.69. The van der Waals surface area contributed by atoms with E-state index in [1.807, 2.05) is 0 Å². The van der Waals surface area contributed by atoms with E-state index in [2.05, 4.69) is 93.9 Å². The number of rotatable bonds is 33. The molecule has 0 atom stereocenters. The summed E-state index contributed by atoms with van der Waals surface area (Å²) in [7, 11) is 16.7. The zero-order valence-electron chi connectivity index (χ0n) is 34.4. The van der Waals surface area contributed by atoms with Crippen molar-refractivity contribution in [3.8, 4) is 0 Å². The van der Waals surface area contributed by atoms with Crippen LogP contribution in [0, 0.1) is 0 Å². The predicted octanol–water partition coefficient (Wildman–Crippen LogP) is 3.64. The second kappa shape index (κ2) is 33.0. The molecule has 0 rings (SSSR count). The smallest absolute Gasteiger partial charge is 0.307 e. The molecule has 0 aromatic carbocycles. The van der Waals surface area contributed by atoms with E-state index in [0.717, 1.165) is 24.0 Å². The van der Waals surface area contributed by atoms with Crippen LogP contribution in [0.25, 0.3) is 0 Å². The second-order valence-electron chi connectivity index (χ2n) is 15.5. The molecule has 0 radical (unpaired) electrons. The Balaban J connectivity index is -0.0000106. The van der Waals surface area contributed by atoms with E-state index in [0.29, 0.717) is 5.57 Å². The number of nitrogens with zero attached hydrogens (tertiary/aromatic N) is 5. The number of hydrogen-bond donors (Lipinski definition) is 1. The third kappa shape index (κ3) is 25.1. The summed E-state index contributed by atoms with van der Waals surface area (Å²) in [6, 6.07) is 0. The summed E-state index contributed by atoms with van der Waals surface area (Å²) in [4.78, 5) is 11.6. The molecule has 1 N–H and O–H groups in total. The maximum atomic E-state index is 11.6. The highest BCUT2D eigenvalue weighted by atomic mass is 79.9. The van der Waals surface area contributed by atoms with Crippen LogP contribution >= 0.6 is 7.87 Å². The van der Waals surface area contributed by atoms with Crippen molar-refractivity contribution < 1.29 is 43.2 Å². The molecule has 0 aromatic rings. The van der Waals surface area contributed by atoms with Gasteiger partial charge in [-0.05, 0) is 32.6 Å². The number of halogens is 2. The molecule has 0 saturated heterocycles. The zero-order valence-corrected chi connectivity index (χ0v) is 38.5. The van der Waals surface area contributed by atoms with Gasteiger partial charge in [0.15, 0.2) is 0 Å². The number of amides is 1. The molecule has 0 aromatic heterocycles. The number of hydrogen-bond acceptors (Lipinski definition) is 5. The largest absolute Gasteiger partial charge is 1.00 e. The summed E-state index contributed by atoms with van der Waals surface area (Å²) in [6.07, 6.45) is 28.6. The summed E-state index contributed by atoms with van der Waals surface area (Å²) in [5, 5.41) is 2.95. The topological polar surface area (TPSA) is 42.1 Å². The Hall–Kier alpha value is 0.400. The van der Waals surface area contributed by atoms with Gasteiger partial charge >= 0.3 is 7.87 Å². The number of carbonyl (C=O) groups excluding carboxylic acids is 1. The highest BCUT2D eigenvalue weighted by molar-refractivity contribution is 7.66. The van der Waals surface area contributed by atoms with Crippen LogP contribution in [-0.2, 0) is 4.79 Å². The molecule has 7 nitrogen and oxygen atoms in total. The average Bonchev–Trinajstić information content (AvgIpc) is 2.99. The van der Waals surface area contributed by atoms with E-state index in [1.54, 1.807) is 6.92 Å². The zero-order chi connectivity index (χ0) is 35.6. The number of nitrogens with one attached hydrogen (secondary N) is 1. The first-order valence-corrected chi connectivity index (χ1v) is 21.4. The lowest BCUT2D eigenvalue weighted by atomic mass is 10.1. The van der Waals surface area contributed by atoms with Crippen LogP contribution < -0.4 is 39.3 Å². The lowest BCUT2D eigenvalue weighted by Crippen LogP contribution is -3.00. The molecule has 0 fully saturated rings. The Morgan fingerprint density at radius 2 is 0.898 bits per heavy atom. The van der Waals surface area contributed by atoms with Crippen molar-refractivity contribution in [3.05, 3.63) is 12.2 Å². The molecular formula is C39H85Br2N6OP. The van der Waals surface area contributed by atoms with E-state index in [4.69, 9.17) is 0 Å². The fourth-order valence-electron chi connectivity index (χ4n) is 7.21. The molecule has 0 aliphatic heterocycles. The number of unbranched alkanes of at least 4 members (excludes halogenated alkanes) is 18. The van der Waals surface area contributed by atoms with Gasteiger partial charge in [0.1, 0.15) is 0 Å². The normalized spacial score (nSPS) is 12.1. The van der Waals surface area contributed by atoms with E-state index in [-0.39, 0.29) is 39.9 Å². The lowest BCUT2D eigenvalue weighted by Gasteiger charge is -2.45. The van der Waals surface area contributed by atoms with Gasteiger partial charge in [0.25, 0.3) is 0 Å². The van der Waals surface area contributed by atoms with Crippen LogP contribution in [0.15, 0.2) is 12.2 Å². The van der Waals surface area contributed by atoms with E-state index < -0.39 is 7.87 Å². The Morgan fingerprint density at radius 1 is 0.571 bits per heavy atom. The van der Waals surface area contributed by atoms with Gasteiger partial charge in [-0.1, -0.05) is 116 Å². The third-order valence-electron chi connectivity index (χ3n) is 9.80. The molecular weight excluding hydrogens is 759 g/mol. The van der Waals surface area contributed by atoms with Crippen LogP contribution in [0.4, 0.5) is 0 Å². The van der Waals surface area contributed by atoms with Gasteiger partial charge in [-0.3, -0.25) is 4.79 Å². The third-order valence-corrected chi connectivity index (χ3v) is 14.2. The molecule has 0 heterocycles. The van der Waals surface area contributed by atoms with Crippen LogP contribution in [0.3, 0.4) is 0 Å². The van der Waals surface area contributed by atoms with Gasteiger partial charge in [0.05, 0.1) is 27.2 Å². The van der Waals surface area contributed by atoms with Crippen molar-refractivity contribution in [1.82, 2.24) is 24.0 Å². The maximum Gasteiger partial charge on any atom is 0.307 e. The highest BCUT2D eigenvalue weighted by Gasteiger charge is 2.53. The fourth-order valence-corrected chi connectivity index (χ4v) is 11.7. The molecule has 0 unspecified atom stereocenters. The minimum Gasteiger partial charge on any atom is -1.00 e. The van der Waals surface area contributed by atoms with Gasteiger partial charge in [-0.15, -0.1) is 18.7 Å². The van der Waals surface area contributed by atoms with Gasteiger partial charge in [-0.25, -0.2) is 0 Å². The van der Waals surface area contributed by atoms with Crippen molar-refractivity contribution in [2.45, 2.75) is 149 Å². The van der Waals surface area contributed by atoms with Crippen molar-refractivity contribution in [2.75, 3.05) is 89.1 Å². The van der Waals surface area contributed by atoms with Gasteiger partial charge < -0.3 is 43.8 Å². The minimum absolute atomic E-state index is 0. The van der Waals surface area contributed by atoms with Crippen LogP contribution in [-0.4, -0.2) is 118 Å². The standard InChI is InChI=1S/C39H84N6OP.2BrH/c1-12-13-14-15-16-17-20-23-26-29-34-44(47(41(4)5,42(6)7)43(8)9)35-30-27-24-21-18-19-22-25-28-31-36-45(10,11)37-32-33-40-39(46)38(2)3;;/h2,12-37H2,1,3-11H3;2*1H/q+1;;/p-1. The summed E-state index contributed by atoms with van der Waals surface area (Å²) < 4.78 is 11.4. The Kier molecular flexibility index (Phi) is 36.2. The first-order chi connectivity index (χ1) is 22.3. The lowest BCUT2D eigenvalue weighted by molar-refractivity contribution is -0.890. The van der Waals surface area contributed by atoms with Crippen molar-refractivity contribution in [3.63, 3.8) is 0 Å². The Morgan fingerprint density at radius 3 is 1.24 bits per heavy atom. The maximum absolute atomic E-state index is 11.6. The van der Waals surface area contributed by atoms with E-state index in [1.165, 1.54) is 148 Å². The molecule has 0 saturated carbocycles. The van der Waals surface area contributed by atoms with E-state index >= 15 is 0 Å². The van der Waals surface area contributed by atoms with Gasteiger partial charge in [0, 0.05) is 73.9 Å². The quantitative estimate of drug-likeness (QED) is 0.0474. The summed E-state index contributed by atoms with van der Waals surface area (Å²) in [5.74, 6) is -0.0194. The SMILES string of the molecule is C=C(C)C(=O)NCCC[N+](C)(C)CCCCCCCCCCCCN(CCCCCCCCCCCC)[P+](N(C)C)(N(C)C)N(C)C.[Br-].[Br-]. The fraction of sp³-hybridized carbons (Fsp3) is 0.923. The molecule has 1 amide bonds. The highest BCUT2D eigenvalue weighted by Crippen LogP contribution is 2.66. The van der Waals surface area contributed by atoms with Crippen molar-refractivity contribution in [2.24, 2.45) is 0 Å². The van der Waals surface area contributed by atoms with Gasteiger partial charge in [-0.2, -0.15) is 0 Å². The van der Waals surface area contributed by atoms with Crippen LogP contribution in [0.1, 0.15) is 149 Å². The Labute approximate surface area is 329 Å². The molecule has 0 bridgehead atoms. The molecule has 0 aliphatic carbocycles. The molecule has 10 heteroatoms. The molecule has 296 valence electrons. The first kappa shape index (κ1) is 53.8. The summed E-state index contributed by atoms with van der Waals surface area (Å²) in [6.45, 7) is 13.3. The Bertz CT molecular complexity index is 763. The van der Waals surface area contributed by atoms with Crippen LogP contribution in [0.5, 0.6) is 0 Å². The van der Waals surface area contributed by atoms with Gasteiger partial charge in [0.2, 0.25) is 5.91 Å². The summed E-state index contributed by atoms with van der Waals surface area (Å²) in [5.41, 5.74) is 0.591. The van der Waals surface area contributed by atoms with Crippen LogP contribution in [0.2, 0.25) is 0 Å². The van der Waals surface area contributed by atoms with Crippen molar-refractivity contribution >= 4 is 13.8 Å².